The first-order valence-corrected chi connectivity index (χ1v) is 10.1. The Hall–Kier alpha value is -2.41. The minimum Gasteiger partial charge on any atom is -0.466 e. The highest BCUT2D eigenvalue weighted by molar-refractivity contribution is 5.93. The fraction of sp³-hybridized carbons (Fsp3) is 0.571. The van der Waals surface area contributed by atoms with Crippen LogP contribution in [0.4, 0.5) is 5.69 Å². The van der Waals surface area contributed by atoms with E-state index in [0.717, 1.165) is 43.7 Å². The molecule has 7 heteroatoms. The van der Waals surface area contributed by atoms with Gasteiger partial charge in [-0.15, -0.1) is 0 Å². The molecule has 2 rings (SSSR count). The first-order chi connectivity index (χ1) is 13.5. The first kappa shape index (κ1) is 21.9. The summed E-state index contributed by atoms with van der Waals surface area (Å²) in [6, 6.07) is 6.72. The monoisotopic (exact) mass is 391 g/mol. The van der Waals surface area contributed by atoms with Gasteiger partial charge in [0.25, 0.3) is 5.91 Å². The van der Waals surface area contributed by atoms with E-state index >= 15 is 0 Å². The van der Waals surface area contributed by atoms with E-state index in [-0.39, 0.29) is 23.8 Å². The molecule has 1 aliphatic rings. The first-order valence-electron chi connectivity index (χ1n) is 10.1. The van der Waals surface area contributed by atoms with Gasteiger partial charge in [0.2, 0.25) is 0 Å². The molecule has 1 aliphatic heterocycles. The molecule has 0 radical (unpaired) electrons. The Balaban J connectivity index is 1.74. The normalized spacial score (nSPS) is 18.9. The lowest BCUT2D eigenvalue weighted by Gasteiger charge is -2.27. The van der Waals surface area contributed by atoms with E-state index in [4.69, 9.17) is 9.47 Å². The summed E-state index contributed by atoms with van der Waals surface area (Å²) in [5, 5.41) is 2.86. The largest absolute Gasteiger partial charge is 0.466 e. The van der Waals surface area contributed by atoms with Crippen molar-refractivity contribution in [2.45, 2.75) is 39.5 Å². The van der Waals surface area contributed by atoms with Crippen LogP contribution in [0.2, 0.25) is 0 Å². The molecule has 0 atom stereocenters. The van der Waals surface area contributed by atoms with Crippen LogP contribution >= 0.6 is 0 Å². The Bertz CT molecular complexity index is 651. The molecular weight excluding hydrogens is 360 g/mol. The molecule has 7 nitrogen and oxygen atoms in total. The number of amides is 1. The lowest BCUT2D eigenvalue weighted by atomic mass is 9.97. The third kappa shape index (κ3) is 6.96. The van der Waals surface area contributed by atoms with Crippen LogP contribution in [0.3, 0.4) is 0 Å². The number of quaternary nitrogens is 1. The van der Waals surface area contributed by atoms with Gasteiger partial charge in [-0.05, 0) is 37.6 Å². The maximum atomic E-state index is 12.3. The molecule has 0 aromatic heterocycles. The SMILES string of the molecule is CCCCOC(=O)c1ccc(NC(=O)C[NH+]2CCC(C(=O)OCC)CC2)cc1. The van der Waals surface area contributed by atoms with E-state index in [1.54, 1.807) is 24.3 Å². The third-order valence-electron chi connectivity index (χ3n) is 4.86. The van der Waals surface area contributed by atoms with Crippen molar-refractivity contribution in [2.24, 2.45) is 5.92 Å². The van der Waals surface area contributed by atoms with Gasteiger partial charge in [0, 0.05) is 18.5 Å². The van der Waals surface area contributed by atoms with Gasteiger partial charge in [-0.3, -0.25) is 9.59 Å². The minimum absolute atomic E-state index is 0.0450. The maximum absolute atomic E-state index is 12.3. The molecule has 1 heterocycles. The van der Waals surface area contributed by atoms with Crippen LogP contribution < -0.4 is 10.2 Å². The third-order valence-corrected chi connectivity index (χ3v) is 4.86. The van der Waals surface area contributed by atoms with Gasteiger partial charge in [-0.2, -0.15) is 0 Å². The molecule has 1 amide bonds. The number of hydrogen-bond acceptors (Lipinski definition) is 5. The predicted molar refractivity (Wildman–Crippen MR) is 105 cm³/mol. The molecule has 154 valence electrons. The van der Waals surface area contributed by atoms with Gasteiger partial charge in [0.15, 0.2) is 6.54 Å². The Kier molecular flexibility index (Phi) is 8.94. The summed E-state index contributed by atoms with van der Waals surface area (Å²) in [6.45, 7) is 6.59. The smallest absolute Gasteiger partial charge is 0.338 e. The van der Waals surface area contributed by atoms with Gasteiger partial charge in [0.1, 0.15) is 0 Å². The Morgan fingerprint density at radius 3 is 2.36 bits per heavy atom. The lowest BCUT2D eigenvalue weighted by molar-refractivity contribution is -0.897. The van der Waals surface area contributed by atoms with Gasteiger partial charge < -0.3 is 19.7 Å². The summed E-state index contributed by atoms with van der Waals surface area (Å²) in [4.78, 5) is 37.1. The topological polar surface area (TPSA) is 86.1 Å². The maximum Gasteiger partial charge on any atom is 0.338 e. The van der Waals surface area contributed by atoms with Crippen molar-refractivity contribution in [3.8, 4) is 0 Å². The molecule has 0 saturated carbocycles. The average Bonchev–Trinajstić information content (AvgIpc) is 2.69. The summed E-state index contributed by atoms with van der Waals surface area (Å²) in [6.07, 6.45) is 3.31. The molecular formula is C21H31N2O5+. The fourth-order valence-corrected chi connectivity index (χ4v) is 3.21. The number of esters is 2. The van der Waals surface area contributed by atoms with Crippen molar-refractivity contribution in [3.05, 3.63) is 29.8 Å². The van der Waals surface area contributed by atoms with Crippen molar-refractivity contribution < 1.29 is 28.8 Å². The molecule has 1 fully saturated rings. The van der Waals surface area contributed by atoms with Gasteiger partial charge in [-0.25, -0.2) is 4.79 Å². The minimum atomic E-state index is -0.347. The van der Waals surface area contributed by atoms with Gasteiger partial charge in [0.05, 0.1) is 37.8 Å². The summed E-state index contributed by atoms with van der Waals surface area (Å²) in [5.41, 5.74) is 1.12. The second kappa shape index (κ2) is 11.4. The number of hydrogen-bond donors (Lipinski definition) is 2. The molecule has 0 spiro atoms. The highest BCUT2D eigenvalue weighted by Crippen LogP contribution is 2.12. The number of nitrogens with one attached hydrogen (secondary N) is 2. The molecule has 0 unspecified atom stereocenters. The second-order valence-corrected chi connectivity index (χ2v) is 7.07. The van der Waals surface area contributed by atoms with Crippen molar-refractivity contribution in [1.29, 1.82) is 0 Å². The number of likely N-dealkylation sites (tertiary alicyclic amines) is 1. The molecule has 1 aromatic rings. The van der Waals surface area contributed by atoms with Crippen LogP contribution in [0.5, 0.6) is 0 Å². The summed E-state index contributed by atoms with van der Waals surface area (Å²) in [5.74, 6) is -0.598. The number of carbonyl (C=O) groups is 3. The number of anilines is 1. The number of benzene rings is 1. The Morgan fingerprint density at radius 1 is 1.07 bits per heavy atom. The molecule has 2 N–H and O–H groups in total. The average molecular weight is 391 g/mol. The Labute approximate surface area is 166 Å². The van der Waals surface area contributed by atoms with E-state index in [0.29, 0.717) is 31.0 Å². The van der Waals surface area contributed by atoms with E-state index in [1.165, 1.54) is 0 Å². The number of ether oxygens (including phenoxy) is 2. The van der Waals surface area contributed by atoms with Crippen molar-refractivity contribution in [3.63, 3.8) is 0 Å². The number of piperidine rings is 1. The summed E-state index contributed by atoms with van der Waals surface area (Å²) in [7, 11) is 0. The second-order valence-electron chi connectivity index (χ2n) is 7.07. The quantitative estimate of drug-likeness (QED) is 0.491. The summed E-state index contributed by atoms with van der Waals surface area (Å²) < 4.78 is 10.2. The molecule has 28 heavy (non-hydrogen) atoms. The molecule has 1 aromatic carbocycles. The number of carbonyl (C=O) groups excluding carboxylic acids is 3. The standard InChI is InChI=1S/C21H30N2O5/c1-3-5-14-28-21(26)16-6-8-18(9-7-16)22-19(24)15-23-12-10-17(11-13-23)20(25)27-4-2/h6-9,17H,3-5,10-15H2,1-2H3,(H,22,24)/p+1. The zero-order chi connectivity index (χ0) is 20.4. The lowest BCUT2D eigenvalue weighted by Crippen LogP contribution is -3.14. The van der Waals surface area contributed by atoms with Crippen LogP contribution in [-0.4, -0.2) is 50.7 Å². The fourth-order valence-electron chi connectivity index (χ4n) is 3.21. The van der Waals surface area contributed by atoms with Crippen LogP contribution in [0.1, 0.15) is 49.9 Å². The van der Waals surface area contributed by atoms with Crippen LogP contribution in [0.15, 0.2) is 24.3 Å². The van der Waals surface area contributed by atoms with Crippen molar-refractivity contribution in [2.75, 3.05) is 38.2 Å². The van der Waals surface area contributed by atoms with Crippen molar-refractivity contribution in [1.82, 2.24) is 0 Å². The van der Waals surface area contributed by atoms with E-state index in [1.807, 2.05) is 13.8 Å². The van der Waals surface area contributed by atoms with E-state index in [9.17, 15) is 14.4 Å². The van der Waals surface area contributed by atoms with E-state index in [2.05, 4.69) is 5.32 Å². The number of unbranched alkanes of at least 4 members (excludes halogenated alkanes) is 1. The van der Waals surface area contributed by atoms with Crippen LogP contribution in [0, 0.1) is 5.92 Å². The Morgan fingerprint density at radius 2 is 1.75 bits per heavy atom. The van der Waals surface area contributed by atoms with E-state index < -0.39 is 0 Å². The zero-order valence-electron chi connectivity index (χ0n) is 16.8. The molecule has 0 aliphatic carbocycles. The number of rotatable bonds is 9. The predicted octanol–water partition coefficient (Wildman–Crippen LogP) is 1.44. The molecule has 0 bridgehead atoms. The highest BCUT2D eigenvalue weighted by atomic mass is 16.5. The van der Waals surface area contributed by atoms with Crippen molar-refractivity contribution >= 4 is 23.5 Å². The van der Waals surface area contributed by atoms with Crippen LogP contribution in [0.25, 0.3) is 0 Å². The highest BCUT2D eigenvalue weighted by Gasteiger charge is 2.29. The summed E-state index contributed by atoms with van der Waals surface area (Å²) >= 11 is 0. The van der Waals surface area contributed by atoms with Gasteiger partial charge in [-0.1, -0.05) is 13.3 Å². The zero-order valence-corrected chi connectivity index (χ0v) is 16.8. The van der Waals surface area contributed by atoms with Crippen LogP contribution in [-0.2, 0) is 19.1 Å². The molecule has 1 saturated heterocycles. The van der Waals surface area contributed by atoms with Gasteiger partial charge >= 0.3 is 11.9 Å².